The van der Waals surface area contributed by atoms with Crippen molar-refractivity contribution in [2.45, 2.75) is 70.6 Å². The number of aliphatic hydroxyl groups excluding tert-OH is 1. The molecule has 1 saturated heterocycles. The Bertz CT molecular complexity index is 1060. The molecule has 2 heterocycles. The van der Waals surface area contributed by atoms with Gasteiger partial charge in [-0.05, 0) is 63.1 Å². The summed E-state index contributed by atoms with van der Waals surface area (Å²) in [6, 6.07) is 9.02. The van der Waals surface area contributed by atoms with Crippen LogP contribution in [0.1, 0.15) is 51.6 Å². The van der Waals surface area contributed by atoms with Gasteiger partial charge in [0.05, 0.1) is 5.52 Å². The number of nitrogens with two attached hydrogens (primary N) is 1. The highest BCUT2D eigenvalue weighted by Gasteiger charge is 2.34. The second-order valence-electron chi connectivity index (χ2n) is 9.08. The number of hydrogen-bond donors (Lipinski definition) is 4. The molecular weight excluding hydrogens is 514 g/mol. The minimum Gasteiger partial charge on any atom is -0.383 e. The van der Waals surface area contributed by atoms with Crippen LogP contribution in [0.5, 0.6) is 0 Å². The number of aliphatic hydroxyl groups is 1. The second kappa shape index (κ2) is 12.4. The number of benzene rings is 1. The van der Waals surface area contributed by atoms with E-state index < -0.39 is 30.0 Å². The van der Waals surface area contributed by atoms with E-state index in [-0.39, 0.29) is 11.8 Å². The van der Waals surface area contributed by atoms with Crippen LogP contribution in [-0.2, 0) is 20.8 Å². The average molecular weight is 548 g/mol. The summed E-state index contributed by atoms with van der Waals surface area (Å²) < 4.78 is 1.08. The number of rotatable bonds is 6. The largest absolute Gasteiger partial charge is 0.383 e. The Morgan fingerprint density at radius 1 is 1.23 bits per heavy atom. The van der Waals surface area contributed by atoms with Crippen LogP contribution in [0.4, 0.5) is 0 Å². The molecule has 3 atom stereocenters. The smallest absolute Gasteiger partial charge is 0.258 e. The topological polar surface area (TPSA) is 138 Å². The Morgan fingerprint density at radius 3 is 2.57 bits per heavy atom. The van der Waals surface area contributed by atoms with Crippen LogP contribution in [0.15, 0.2) is 34.8 Å². The summed E-state index contributed by atoms with van der Waals surface area (Å²) in [4.78, 5) is 39.9. The van der Waals surface area contributed by atoms with E-state index in [2.05, 4.69) is 62.8 Å². The number of nitrogens with one attached hydrogen (secondary N) is 2. The molecule has 1 aromatic heterocycles. The third kappa shape index (κ3) is 7.22. The predicted octanol–water partition coefficient (Wildman–Crippen LogP) is 2.19. The second-order valence-corrected chi connectivity index (χ2v) is 9.99. The van der Waals surface area contributed by atoms with Crippen LogP contribution >= 0.6 is 15.9 Å². The number of aromatic nitrogens is 1. The van der Waals surface area contributed by atoms with E-state index in [1.807, 2.05) is 6.07 Å². The van der Waals surface area contributed by atoms with Crippen LogP contribution in [0.3, 0.4) is 0 Å². The minimum absolute atomic E-state index is 0.00495. The number of fused-ring (bicyclic) bond motifs is 1. The molecule has 190 valence electrons. The molecule has 3 amide bonds. The third-order valence-electron chi connectivity index (χ3n) is 6.46. The van der Waals surface area contributed by atoms with E-state index in [1.54, 1.807) is 6.92 Å². The Labute approximate surface area is 213 Å². The lowest BCUT2D eigenvalue weighted by molar-refractivity contribution is -0.144. The van der Waals surface area contributed by atoms with Crippen molar-refractivity contribution in [3.8, 4) is 0 Å². The van der Waals surface area contributed by atoms with Gasteiger partial charge in [-0.1, -0.05) is 41.4 Å². The number of pyridine rings is 1. The maximum Gasteiger partial charge on any atom is 0.258 e. The zero-order valence-electron chi connectivity index (χ0n) is 20.2. The quantitative estimate of drug-likeness (QED) is 0.437. The molecule has 0 bridgehead atoms. The van der Waals surface area contributed by atoms with Gasteiger partial charge in [0.1, 0.15) is 18.2 Å². The van der Waals surface area contributed by atoms with Crippen molar-refractivity contribution >= 4 is 44.6 Å². The molecular formula is C25H34BrN5O4. The third-order valence-corrected chi connectivity index (χ3v) is 6.96. The number of carbonyl (C=O) groups is 3. The number of carbonyl (C=O) groups excluding carboxylic acids is 3. The lowest BCUT2D eigenvalue weighted by Gasteiger charge is -2.34. The molecule has 0 radical (unpaired) electrons. The van der Waals surface area contributed by atoms with Gasteiger partial charge in [0, 0.05) is 22.1 Å². The molecule has 5 N–H and O–H groups in total. The van der Waals surface area contributed by atoms with Gasteiger partial charge in [0.2, 0.25) is 11.8 Å². The summed E-state index contributed by atoms with van der Waals surface area (Å²) >= 11 is 3.44. The predicted molar refractivity (Wildman–Crippen MR) is 137 cm³/mol. The van der Waals surface area contributed by atoms with E-state index in [1.165, 1.54) is 10.4 Å². The van der Waals surface area contributed by atoms with Crippen molar-refractivity contribution in [3.05, 3.63) is 40.5 Å². The summed E-state index contributed by atoms with van der Waals surface area (Å²) in [6.45, 7) is 4.13. The number of aryl methyl sites for hydroxylation is 1. The zero-order valence-corrected chi connectivity index (χ0v) is 21.8. The summed E-state index contributed by atoms with van der Waals surface area (Å²) in [5, 5.41) is 14.9. The number of amides is 3. The van der Waals surface area contributed by atoms with E-state index in [4.69, 9.17) is 5.73 Å². The molecule has 3 unspecified atom stereocenters. The van der Waals surface area contributed by atoms with E-state index in [0.717, 1.165) is 41.4 Å². The van der Waals surface area contributed by atoms with Crippen LogP contribution in [0, 0.1) is 5.92 Å². The summed E-state index contributed by atoms with van der Waals surface area (Å²) in [5.41, 5.74) is 10.2. The summed E-state index contributed by atoms with van der Waals surface area (Å²) in [6.07, 6.45) is 3.88. The van der Waals surface area contributed by atoms with Gasteiger partial charge in [-0.2, -0.15) is 0 Å². The first kappa shape index (κ1) is 27.0. The van der Waals surface area contributed by atoms with Crippen LogP contribution in [-0.4, -0.2) is 57.6 Å². The maximum atomic E-state index is 12.3. The Hall–Kier alpha value is -2.56. The normalized spacial score (nSPS) is 19.7. The van der Waals surface area contributed by atoms with E-state index in [9.17, 15) is 19.5 Å². The standard InChI is InChI=1S/C14H24N4O4.C11H10BrN/c1-8(16-13(21)11(19)9-4-2-5-9)14(22)18-7-3-6-10(17-18)12(15)20;1-2-10-6-4-8-3-5-9(12)7-11(8)13-10/h8-11,17,19H,2-7H2,1H3,(H2,15,20)(H,16,21);3-7H,2H2,1H3. The highest BCUT2D eigenvalue weighted by molar-refractivity contribution is 9.10. The first-order valence-corrected chi connectivity index (χ1v) is 12.9. The van der Waals surface area contributed by atoms with Crippen molar-refractivity contribution in [2.75, 3.05) is 6.54 Å². The Kier molecular flexibility index (Phi) is 9.59. The number of hydrazine groups is 1. The van der Waals surface area contributed by atoms with Crippen LogP contribution in [0.2, 0.25) is 0 Å². The number of nitrogens with zero attached hydrogens (tertiary/aromatic N) is 2. The Morgan fingerprint density at radius 2 is 1.94 bits per heavy atom. The first-order valence-electron chi connectivity index (χ1n) is 12.1. The molecule has 9 nitrogen and oxygen atoms in total. The number of primary amides is 1. The number of halogens is 1. The fraction of sp³-hybridized carbons (Fsp3) is 0.520. The molecule has 1 aromatic carbocycles. The van der Waals surface area contributed by atoms with Gasteiger partial charge in [-0.3, -0.25) is 24.4 Å². The molecule has 2 aromatic rings. The molecule has 1 aliphatic carbocycles. The molecule has 1 aliphatic heterocycles. The first-order chi connectivity index (χ1) is 16.7. The fourth-order valence-electron chi connectivity index (χ4n) is 4.04. The van der Waals surface area contributed by atoms with Crippen molar-refractivity contribution in [3.63, 3.8) is 0 Å². The molecule has 1 saturated carbocycles. The minimum atomic E-state index is -1.06. The monoisotopic (exact) mass is 547 g/mol. The average Bonchev–Trinajstić information content (AvgIpc) is 2.82. The lowest BCUT2D eigenvalue weighted by Crippen LogP contribution is -2.60. The lowest BCUT2D eigenvalue weighted by atomic mass is 9.81. The van der Waals surface area contributed by atoms with Gasteiger partial charge in [0.25, 0.3) is 5.91 Å². The Balaban J connectivity index is 0.000000223. The van der Waals surface area contributed by atoms with Gasteiger partial charge in [-0.15, -0.1) is 0 Å². The van der Waals surface area contributed by atoms with Crippen molar-refractivity contribution in [1.29, 1.82) is 0 Å². The number of hydrogen-bond acceptors (Lipinski definition) is 6. The highest BCUT2D eigenvalue weighted by atomic mass is 79.9. The van der Waals surface area contributed by atoms with Gasteiger partial charge in [-0.25, -0.2) is 5.43 Å². The maximum absolute atomic E-state index is 12.3. The molecule has 10 heteroatoms. The zero-order chi connectivity index (χ0) is 25.5. The van der Waals surface area contributed by atoms with Gasteiger partial charge < -0.3 is 16.2 Å². The molecule has 2 aliphatic rings. The van der Waals surface area contributed by atoms with Crippen LogP contribution in [0.25, 0.3) is 10.9 Å². The summed E-state index contributed by atoms with van der Waals surface area (Å²) in [5.74, 6) is -1.38. The van der Waals surface area contributed by atoms with Crippen molar-refractivity contribution in [2.24, 2.45) is 11.7 Å². The van der Waals surface area contributed by atoms with E-state index >= 15 is 0 Å². The highest BCUT2D eigenvalue weighted by Crippen LogP contribution is 2.29. The molecule has 4 rings (SSSR count). The molecule has 0 spiro atoms. The molecule has 35 heavy (non-hydrogen) atoms. The van der Waals surface area contributed by atoms with Crippen molar-refractivity contribution in [1.82, 2.24) is 20.7 Å². The fourth-order valence-corrected chi connectivity index (χ4v) is 4.39. The van der Waals surface area contributed by atoms with Crippen LogP contribution < -0.4 is 16.5 Å². The van der Waals surface area contributed by atoms with Crippen molar-refractivity contribution < 1.29 is 19.5 Å². The van der Waals surface area contributed by atoms with Gasteiger partial charge in [0.15, 0.2) is 0 Å². The summed E-state index contributed by atoms with van der Waals surface area (Å²) in [7, 11) is 0. The van der Waals surface area contributed by atoms with Gasteiger partial charge >= 0.3 is 0 Å². The molecule has 2 fully saturated rings. The SMILES string of the molecule is CC(NC(=O)C(O)C1CCC1)C(=O)N1CCCC(C(N)=O)N1.CCc1ccc2ccc(Br)cc2n1. The van der Waals surface area contributed by atoms with E-state index in [0.29, 0.717) is 19.4 Å².